The van der Waals surface area contributed by atoms with Crippen LogP contribution in [0.2, 0.25) is 0 Å². The molecule has 5 heteroatoms. The fourth-order valence-electron chi connectivity index (χ4n) is 1.35. The first-order valence-electron chi connectivity index (χ1n) is 5.09. The van der Waals surface area contributed by atoms with E-state index in [1.165, 1.54) is 12.1 Å². The molecule has 4 nitrogen and oxygen atoms in total. The third-order valence-corrected chi connectivity index (χ3v) is 4.12. The quantitative estimate of drug-likeness (QED) is 0.872. The zero-order valence-electron chi connectivity index (χ0n) is 9.51. The second-order valence-corrected chi connectivity index (χ2v) is 5.88. The van der Waals surface area contributed by atoms with E-state index in [1.807, 2.05) is 0 Å². The Labute approximate surface area is 101 Å². The van der Waals surface area contributed by atoms with Crippen LogP contribution in [0.15, 0.2) is 35.7 Å². The number of carboxylic acid groups (broad SMARTS) is 1. The van der Waals surface area contributed by atoms with Crippen molar-refractivity contribution in [3.63, 3.8) is 0 Å². The lowest BCUT2D eigenvalue weighted by atomic mass is 10.1. The third kappa shape index (κ3) is 3.42. The zero-order valence-corrected chi connectivity index (χ0v) is 10.3. The molecule has 0 spiro atoms. The first-order valence-corrected chi connectivity index (χ1v) is 6.75. The summed E-state index contributed by atoms with van der Waals surface area (Å²) in [5.74, 6) is -0.914. The van der Waals surface area contributed by atoms with Gasteiger partial charge in [0.15, 0.2) is 9.84 Å². The van der Waals surface area contributed by atoms with E-state index in [1.54, 1.807) is 19.1 Å². The molecule has 0 aliphatic carbocycles. The van der Waals surface area contributed by atoms with Crippen LogP contribution in [0.3, 0.4) is 0 Å². The lowest BCUT2D eigenvalue weighted by Crippen LogP contribution is -2.03. The van der Waals surface area contributed by atoms with E-state index in [0.29, 0.717) is 11.1 Å². The standard InChI is InChI=1S/C12H14O4S/c1-3-17(15,16)11-6-4-10(5-7-11)9(2)8-12(13)14/h4-7H,2-3,8H2,1H3,(H,13,14). The van der Waals surface area contributed by atoms with Crippen LogP contribution in [-0.2, 0) is 14.6 Å². The van der Waals surface area contributed by atoms with Gasteiger partial charge in [-0.3, -0.25) is 4.79 Å². The summed E-state index contributed by atoms with van der Waals surface area (Å²) in [5, 5.41) is 8.61. The Morgan fingerprint density at radius 3 is 2.24 bits per heavy atom. The molecular weight excluding hydrogens is 240 g/mol. The number of rotatable bonds is 5. The molecule has 0 amide bonds. The van der Waals surface area contributed by atoms with Crippen molar-refractivity contribution in [2.75, 3.05) is 5.75 Å². The number of aliphatic carboxylic acids is 1. The normalized spacial score (nSPS) is 11.1. The SMILES string of the molecule is C=C(CC(=O)O)c1ccc(S(=O)(=O)CC)cc1. The highest BCUT2D eigenvalue weighted by Crippen LogP contribution is 2.19. The highest BCUT2D eigenvalue weighted by atomic mass is 32.2. The molecular formula is C12H14O4S. The van der Waals surface area contributed by atoms with Crippen LogP contribution >= 0.6 is 0 Å². The fraction of sp³-hybridized carbons (Fsp3) is 0.250. The minimum absolute atomic E-state index is 0.0441. The summed E-state index contributed by atoms with van der Waals surface area (Å²) in [5.41, 5.74) is 1.10. The van der Waals surface area contributed by atoms with Crippen molar-refractivity contribution in [3.8, 4) is 0 Å². The zero-order chi connectivity index (χ0) is 13.1. The molecule has 1 N–H and O–H groups in total. The molecule has 0 radical (unpaired) electrons. The van der Waals surface area contributed by atoms with E-state index < -0.39 is 15.8 Å². The maximum Gasteiger partial charge on any atom is 0.307 e. The molecule has 1 aromatic rings. The highest BCUT2D eigenvalue weighted by Gasteiger charge is 2.11. The first kappa shape index (κ1) is 13.4. The van der Waals surface area contributed by atoms with Gasteiger partial charge < -0.3 is 5.11 Å². The van der Waals surface area contributed by atoms with Gasteiger partial charge in [0.1, 0.15) is 0 Å². The molecule has 0 unspecified atom stereocenters. The second-order valence-electron chi connectivity index (χ2n) is 3.60. The van der Waals surface area contributed by atoms with Crippen LogP contribution in [0, 0.1) is 0 Å². The van der Waals surface area contributed by atoms with Gasteiger partial charge in [-0.15, -0.1) is 0 Å². The maximum absolute atomic E-state index is 11.5. The predicted octanol–water partition coefficient (Wildman–Crippen LogP) is 1.97. The minimum atomic E-state index is -3.21. The van der Waals surface area contributed by atoms with E-state index in [-0.39, 0.29) is 17.1 Å². The van der Waals surface area contributed by atoms with Gasteiger partial charge in [-0.1, -0.05) is 25.6 Å². The average molecular weight is 254 g/mol. The number of sulfone groups is 1. The van der Waals surface area contributed by atoms with E-state index in [0.717, 1.165) is 0 Å². The van der Waals surface area contributed by atoms with Crippen molar-refractivity contribution in [1.82, 2.24) is 0 Å². The topological polar surface area (TPSA) is 71.4 Å². The highest BCUT2D eigenvalue weighted by molar-refractivity contribution is 7.91. The summed E-state index contributed by atoms with van der Waals surface area (Å²) in [7, 11) is -3.21. The van der Waals surface area contributed by atoms with Crippen LogP contribution in [-0.4, -0.2) is 25.2 Å². The van der Waals surface area contributed by atoms with Crippen LogP contribution in [0.4, 0.5) is 0 Å². The predicted molar refractivity (Wildman–Crippen MR) is 65.5 cm³/mol. The van der Waals surface area contributed by atoms with Gasteiger partial charge >= 0.3 is 5.97 Å². The van der Waals surface area contributed by atoms with Crippen molar-refractivity contribution in [2.24, 2.45) is 0 Å². The Balaban J connectivity index is 2.96. The third-order valence-electron chi connectivity index (χ3n) is 2.37. The minimum Gasteiger partial charge on any atom is -0.481 e. The smallest absolute Gasteiger partial charge is 0.307 e. The molecule has 0 saturated carbocycles. The van der Waals surface area contributed by atoms with Crippen molar-refractivity contribution in [3.05, 3.63) is 36.4 Å². The maximum atomic E-state index is 11.5. The van der Waals surface area contributed by atoms with Gasteiger partial charge in [0, 0.05) is 0 Å². The lowest BCUT2D eigenvalue weighted by Gasteiger charge is -2.05. The molecule has 92 valence electrons. The number of hydrogen-bond donors (Lipinski definition) is 1. The van der Waals surface area contributed by atoms with E-state index in [9.17, 15) is 13.2 Å². The van der Waals surface area contributed by atoms with Gasteiger partial charge in [-0.05, 0) is 23.3 Å². The summed E-state index contributed by atoms with van der Waals surface area (Å²) in [6, 6.07) is 6.10. The van der Waals surface area contributed by atoms with E-state index >= 15 is 0 Å². The van der Waals surface area contributed by atoms with Gasteiger partial charge in [0.05, 0.1) is 17.1 Å². The van der Waals surface area contributed by atoms with Gasteiger partial charge in [0.25, 0.3) is 0 Å². The van der Waals surface area contributed by atoms with Crippen LogP contribution in [0.25, 0.3) is 5.57 Å². The Hall–Kier alpha value is -1.62. The molecule has 1 aromatic carbocycles. The van der Waals surface area contributed by atoms with Crippen molar-refractivity contribution in [1.29, 1.82) is 0 Å². The second kappa shape index (κ2) is 5.14. The van der Waals surface area contributed by atoms with Crippen molar-refractivity contribution in [2.45, 2.75) is 18.2 Å². The molecule has 0 heterocycles. The van der Waals surface area contributed by atoms with Crippen LogP contribution in [0.5, 0.6) is 0 Å². The number of hydrogen-bond acceptors (Lipinski definition) is 3. The van der Waals surface area contributed by atoms with Crippen molar-refractivity contribution < 1.29 is 18.3 Å². The van der Waals surface area contributed by atoms with Gasteiger partial charge in [-0.2, -0.15) is 0 Å². The molecule has 0 fully saturated rings. The summed E-state index contributed by atoms with van der Waals surface area (Å²) < 4.78 is 23.1. The monoisotopic (exact) mass is 254 g/mol. The average Bonchev–Trinajstić information content (AvgIpc) is 2.28. The van der Waals surface area contributed by atoms with E-state index in [4.69, 9.17) is 5.11 Å². The molecule has 0 aromatic heterocycles. The summed E-state index contributed by atoms with van der Waals surface area (Å²) in [6.45, 7) is 5.22. The Kier molecular flexibility index (Phi) is 4.07. The molecule has 0 aliphatic heterocycles. The molecule has 17 heavy (non-hydrogen) atoms. The van der Waals surface area contributed by atoms with E-state index in [2.05, 4.69) is 6.58 Å². The van der Waals surface area contributed by atoms with Crippen LogP contribution < -0.4 is 0 Å². The van der Waals surface area contributed by atoms with Crippen LogP contribution in [0.1, 0.15) is 18.9 Å². The first-order chi connectivity index (χ1) is 7.86. The Morgan fingerprint density at radius 1 is 1.29 bits per heavy atom. The number of carboxylic acids is 1. The molecule has 0 atom stereocenters. The molecule has 0 saturated heterocycles. The Bertz CT molecular complexity index is 526. The van der Waals surface area contributed by atoms with Gasteiger partial charge in [0.2, 0.25) is 0 Å². The summed E-state index contributed by atoms with van der Waals surface area (Å²) in [6.07, 6.45) is -0.153. The lowest BCUT2D eigenvalue weighted by molar-refractivity contribution is -0.135. The molecule has 0 bridgehead atoms. The molecule has 1 rings (SSSR count). The fourth-order valence-corrected chi connectivity index (χ4v) is 2.23. The molecule has 0 aliphatic rings. The van der Waals surface area contributed by atoms with Crippen molar-refractivity contribution >= 4 is 21.4 Å². The van der Waals surface area contributed by atoms with Gasteiger partial charge in [-0.25, -0.2) is 8.42 Å². The Morgan fingerprint density at radius 2 is 1.82 bits per heavy atom. The number of benzene rings is 1. The summed E-state index contributed by atoms with van der Waals surface area (Å²) in [4.78, 5) is 10.7. The summed E-state index contributed by atoms with van der Waals surface area (Å²) >= 11 is 0. The number of carbonyl (C=O) groups is 1. The largest absolute Gasteiger partial charge is 0.481 e.